The van der Waals surface area contributed by atoms with Gasteiger partial charge in [0, 0.05) is 19.0 Å². The van der Waals surface area contributed by atoms with Crippen molar-refractivity contribution in [3.05, 3.63) is 0 Å². The number of carbonyl (C=O) groups is 1. The lowest BCUT2D eigenvalue weighted by Crippen LogP contribution is -2.43. The molecule has 14 heavy (non-hydrogen) atoms. The average molecular weight is 222 g/mol. The number of amides is 1. The van der Waals surface area contributed by atoms with Gasteiger partial charge in [0.05, 0.1) is 6.67 Å². The van der Waals surface area contributed by atoms with Crippen molar-refractivity contribution in [1.29, 1.82) is 0 Å². The number of rotatable bonds is 3. The van der Waals surface area contributed by atoms with E-state index in [9.17, 15) is 9.18 Å². The zero-order chi connectivity index (χ0) is 10.6. The summed E-state index contributed by atoms with van der Waals surface area (Å²) >= 11 is 5.86. The summed E-state index contributed by atoms with van der Waals surface area (Å²) in [6.45, 7) is 2.83. The second-order valence-electron chi connectivity index (χ2n) is 3.82. The fraction of sp³-hybridized carbons (Fsp3) is 0.900. The van der Waals surface area contributed by atoms with Crippen LogP contribution in [0.25, 0.3) is 0 Å². The van der Waals surface area contributed by atoms with Crippen molar-refractivity contribution in [3.8, 4) is 0 Å². The van der Waals surface area contributed by atoms with E-state index >= 15 is 0 Å². The van der Waals surface area contributed by atoms with E-state index in [1.807, 2.05) is 6.92 Å². The molecular weight excluding hydrogens is 205 g/mol. The third-order valence-corrected chi connectivity index (χ3v) is 3.17. The molecule has 1 fully saturated rings. The first-order valence-corrected chi connectivity index (χ1v) is 5.61. The molecule has 82 valence electrons. The Morgan fingerprint density at radius 2 is 2.43 bits per heavy atom. The Kier molecular flexibility index (Phi) is 4.66. The second kappa shape index (κ2) is 5.54. The Labute approximate surface area is 89.4 Å². The molecule has 1 saturated heterocycles. The number of nitrogens with zero attached hydrogens (tertiary/aromatic N) is 1. The molecule has 2 atom stereocenters. The predicted molar refractivity (Wildman–Crippen MR) is 55.2 cm³/mol. The molecule has 1 aliphatic rings. The molecule has 1 amide bonds. The third-order valence-electron chi connectivity index (χ3n) is 2.68. The second-order valence-corrected chi connectivity index (χ2v) is 4.35. The zero-order valence-corrected chi connectivity index (χ0v) is 9.26. The van der Waals surface area contributed by atoms with Crippen LogP contribution in [0, 0.1) is 5.92 Å². The molecule has 0 N–H and O–H groups in total. The van der Waals surface area contributed by atoms with Gasteiger partial charge < -0.3 is 4.90 Å². The Morgan fingerprint density at radius 1 is 1.71 bits per heavy atom. The fourth-order valence-electron chi connectivity index (χ4n) is 1.76. The molecule has 0 unspecified atom stereocenters. The summed E-state index contributed by atoms with van der Waals surface area (Å²) in [5.41, 5.74) is 0. The van der Waals surface area contributed by atoms with Crippen molar-refractivity contribution in [2.45, 2.75) is 31.6 Å². The third kappa shape index (κ3) is 2.84. The summed E-state index contributed by atoms with van der Waals surface area (Å²) < 4.78 is 12.4. The van der Waals surface area contributed by atoms with Gasteiger partial charge in [0.15, 0.2) is 0 Å². The van der Waals surface area contributed by atoms with E-state index in [0.29, 0.717) is 13.0 Å². The molecule has 1 rings (SSSR count). The first-order chi connectivity index (χ1) is 6.69. The van der Waals surface area contributed by atoms with E-state index < -0.39 is 5.38 Å². The van der Waals surface area contributed by atoms with E-state index in [2.05, 4.69) is 0 Å². The highest BCUT2D eigenvalue weighted by molar-refractivity contribution is 6.30. The Hall–Kier alpha value is -0.310. The van der Waals surface area contributed by atoms with Gasteiger partial charge in [-0.05, 0) is 19.3 Å². The quantitative estimate of drug-likeness (QED) is 0.670. The van der Waals surface area contributed by atoms with E-state index in [-0.39, 0.29) is 18.5 Å². The van der Waals surface area contributed by atoms with Crippen molar-refractivity contribution in [2.24, 2.45) is 5.92 Å². The van der Waals surface area contributed by atoms with Crippen LogP contribution in [-0.2, 0) is 4.79 Å². The fourth-order valence-corrected chi connectivity index (χ4v) is 1.90. The number of halogens is 2. The van der Waals surface area contributed by atoms with Crippen LogP contribution >= 0.6 is 11.6 Å². The lowest BCUT2D eigenvalue weighted by molar-refractivity contribution is -0.132. The van der Waals surface area contributed by atoms with E-state index in [1.54, 1.807) is 4.90 Å². The summed E-state index contributed by atoms with van der Waals surface area (Å²) in [6.07, 6.45) is 2.42. The van der Waals surface area contributed by atoms with Crippen molar-refractivity contribution >= 4 is 17.5 Å². The van der Waals surface area contributed by atoms with Crippen LogP contribution in [0.4, 0.5) is 4.39 Å². The van der Waals surface area contributed by atoms with Crippen molar-refractivity contribution in [3.63, 3.8) is 0 Å². The lowest BCUT2D eigenvalue weighted by Gasteiger charge is -2.32. The van der Waals surface area contributed by atoms with Crippen LogP contribution in [0.1, 0.15) is 26.2 Å². The Balaban J connectivity index is 2.47. The summed E-state index contributed by atoms with van der Waals surface area (Å²) in [5, 5.41) is -0.437. The maximum Gasteiger partial charge on any atom is 0.240 e. The van der Waals surface area contributed by atoms with Crippen molar-refractivity contribution < 1.29 is 9.18 Å². The van der Waals surface area contributed by atoms with E-state index in [0.717, 1.165) is 19.4 Å². The molecule has 0 bridgehead atoms. The molecule has 0 radical (unpaired) electrons. The lowest BCUT2D eigenvalue weighted by atomic mass is 9.99. The van der Waals surface area contributed by atoms with Gasteiger partial charge in [-0.2, -0.15) is 0 Å². The number of hydrogen-bond donors (Lipinski definition) is 0. The molecule has 0 saturated carbocycles. The smallest absolute Gasteiger partial charge is 0.240 e. The number of carbonyl (C=O) groups excluding carboxylic acids is 1. The van der Waals surface area contributed by atoms with Crippen LogP contribution in [0.15, 0.2) is 0 Å². The minimum Gasteiger partial charge on any atom is -0.341 e. The highest BCUT2D eigenvalue weighted by Gasteiger charge is 2.26. The molecule has 0 aromatic rings. The van der Waals surface area contributed by atoms with Crippen LogP contribution in [-0.4, -0.2) is 35.9 Å². The molecule has 0 aliphatic carbocycles. The predicted octanol–water partition coefficient (Wildman–Crippen LogP) is 2.21. The molecule has 0 aromatic carbocycles. The van der Waals surface area contributed by atoms with Gasteiger partial charge in [-0.3, -0.25) is 9.18 Å². The monoisotopic (exact) mass is 221 g/mol. The Bertz CT molecular complexity index is 201. The molecule has 1 aliphatic heterocycles. The normalized spacial score (nSPS) is 24.8. The minimum atomic E-state index is -0.437. The Morgan fingerprint density at radius 3 is 3.00 bits per heavy atom. The highest BCUT2D eigenvalue weighted by Crippen LogP contribution is 2.19. The van der Waals surface area contributed by atoms with Gasteiger partial charge >= 0.3 is 0 Å². The van der Waals surface area contributed by atoms with Gasteiger partial charge in [0.1, 0.15) is 5.38 Å². The van der Waals surface area contributed by atoms with Crippen LogP contribution < -0.4 is 0 Å². The van der Waals surface area contributed by atoms with Gasteiger partial charge in [0.25, 0.3) is 0 Å². The molecule has 1 heterocycles. The van der Waals surface area contributed by atoms with Gasteiger partial charge in [0.2, 0.25) is 5.91 Å². The van der Waals surface area contributed by atoms with Crippen molar-refractivity contribution in [2.75, 3.05) is 19.8 Å². The number of piperidine rings is 1. The van der Waals surface area contributed by atoms with E-state index in [1.165, 1.54) is 0 Å². The topological polar surface area (TPSA) is 20.3 Å². The summed E-state index contributed by atoms with van der Waals surface area (Å²) in [6, 6.07) is 0. The van der Waals surface area contributed by atoms with Gasteiger partial charge in [-0.25, -0.2) is 0 Å². The van der Waals surface area contributed by atoms with Crippen molar-refractivity contribution in [1.82, 2.24) is 4.90 Å². The van der Waals surface area contributed by atoms with Crippen LogP contribution in [0.5, 0.6) is 0 Å². The summed E-state index contributed by atoms with van der Waals surface area (Å²) in [4.78, 5) is 13.4. The average Bonchev–Trinajstić information content (AvgIpc) is 2.27. The van der Waals surface area contributed by atoms with Gasteiger partial charge in [-0.1, -0.05) is 6.92 Å². The van der Waals surface area contributed by atoms with Gasteiger partial charge in [-0.15, -0.1) is 11.6 Å². The first-order valence-electron chi connectivity index (χ1n) is 5.17. The zero-order valence-electron chi connectivity index (χ0n) is 8.51. The standard InChI is InChI=1S/C10H17ClFNO/c1-2-9(11)10(14)13-5-3-4-8(6-12)7-13/h8-9H,2-7H2,1H3/t8-,9+/m1/s1. The largest absolute Gasteiger partial charge is 0.341 e. The summed E-state index contributed by atoms with van der Waals surface area (Å²) in [7, 11) is 0. The molecule has 0 aromatic heterocycles. The highest BCUT2D eigenvalue weighted by atomic mass is 35.5. The minimum absolute atomic E-state index is 0.0217. The number of alkyl halides is 2. The summed E-state index contributed by atoms with van der Waals surface area (Å²) in [5.74, 6) is -0.0132. The van der Waals surface area contributed by atoms with E-state index in [4.69, 9.17) is 11.6 Å². The SMILES string of the molecule is CC[C@H](Cl)C(=O)N1CCC[C@H](CF)C1. The molecular formula is C10H17ClFNO. The molecule has 4 heteroatoms. The number of likely N-dealkylation sites (tertiary alicyclic amines) is 1. The number of hydrogen-bond acceptors (Lipinski definition) is 1. The molecule has 0 spiro atoms. The van der Waals surface area contributed by atoms with Crippen LogP contribution in [0.3, 0.4) is 0 Å². The first kappa shape index (κ1) is 11.8. The van der Waals surface area contributed by atoms with Crippen LogP contribution in [0.2, 0.25) is 0 Å². The maximum absolute atomic E-state index is 12.4. The maximum atomic E-state index is 12.4. The molecule has 2 nitrogen and oxygen atoms in total.